The maximum atomic E-state index is 14.0. The van der Waals surface area contributed by atoms with Crippen LogP contribution in [0.5, 0.6) is 0 Å². The van der Waals surface area contributed by atoms with E-state index in [-0.39, 0.29) is 42.6 Å². The molecule has 3 aromatic rings. The number of amides is 5. The Morgan fingerprint density at radius 2 is 1.45 bits per heavy atom. The van der Waals surface area contributed by atoms with Crippen LogP contribution in [0.25, 0.3) is 0 Å². The molecule has 0 bridgehead atoms. The molecule has 10 heteroatoms. The lowest BCUT2D eigenvalue weighted by Crippen LogP contribution is -2.56. The number of hydrogen-bond donors (Lipinski definition) is 3. The lowest BCUT2D eigenvalue weighted by Gasteiger charge is -2.32. The third-order valence-corrected chi connectivity index (χ3v) is 8.76. The lowest BCUT2D eigenvalue weighted by molar-refractivity contribution is -0.143. The number of hydrogen-bond acceptors (Lipinski definition) is 6. The highest BCUT2D eigenvalue weighted by atomic mass is 32.1. The Labute approximate surface area is 262 Å². The minimum absolute atomic E-state index is 0.244. The van der Waals surface area contributed by atoms with Gasteiger partial charge in [0.15, 0.2) is 0 Å². The summed E-state index contributed by atoms with van der Waals surface area (Å²) >= 11 is 4.52. The van der Waals surface area contributed by atoms with E-state index in [2.05, 4.69) is 23.3 Å². The van der Waals surface area contributed by atoms with Gasteiger partial charge >= 0.3 is 0 Å². The first kappa shape index (κ1) is 31.0. The Morgan fingerprint density at radius 1 is 0.841 bits per heavy atom. The molecule has 3 aromatic carbocycles. The molecular formula is C34H36N4O5S. The second kappa shape index (κ2) is 13.9. The average molecular weight is 613 g/mol. The third-order valence-electron chi connectivity index (χ3n) is 8.27. The first-order valence-corrected chi connectivity index (χ1v) is 15.4. The van der Waals surface area contributed by atoms with Crippen molar-refractivity contribution < 1.29 is 24.0 Å². The van der Waals surface area contributed by atoms with Gasteiger partial charge in [0.1, 0.15) is 12.1 Å². The van der Waals surface area contributed by atoms with Gasteiger partial charge in [0.2, 0.25) is 17.7 Å². The van der Waals surface area contributed by atoms with Crippen LogP contribution in [-0.4, -0.2) is 70.3 Å². The quantitative estimate of drug-likeness (QED) is 0.175. The summed E-state index contributed by atoms with van der Waals surface area (Å²) < 4.78 is 0. The van der Waals surface area contributed by atoms with Crippen LogP contribution in [0.3, 0.4) is 0 Å². The number of rotatable bonds is 11. The van der Waals surface area contributed by atoms with E-state index >= 15 is 0 Å². The molecule has 0 saturated heterocycles. The van der Waals surface area contributed by atoms with Gasteiger partial charge in [-0.2, -0.15) is 12.6 Å². The van der Waals surface area contributed by atoms with Crippen LogP contribution < -0.4 is 10.6 Å². The molecule has 3 atom stereocenters. The number of unbranched alkanes of at least 4 members (excludes halogenated alkanes) is 1. The van der Waals surface area contributed by atoms with E-state index < -0.39 is 17.3 Å². The summed E-state index contributed by atoms with van der Waals surface area (Å²) in [6.45, 7) is 0.498. The van der Waals surface area contributed by atoms with E-state index in [4.69, 9.17) is 0 Å². The van der Waals surface area contributed by atoms with E-state index in [0.29, 0.717) is 43.2 Å². The lowest BCUT2D eigenvalue weighted by atomic mass is 10.0. The van der Waals surface area contributed by atoms with Crippen molar-refractivity contribution in [1.82, 2.24) is 20.4 Å². The SMILES string of the molecule is CNC(=O)[C@H](Cc1ccccc1)N1Cc2ccccc2C[C@H](NC(=O)C(S)CCCCN2C(=O)c3ccccc3C2=O)C1=O. The van der Waals surface area contributed by atoms with Gasteiger partial charge in [-0.3, -0.25) is 28.9 Å². The van der Waals surface area contributed by atoms with Gasteiger partial charge in [0, 0.05) is 33.0 Å². The number of carbonyl (C=O) groups excluding carboxylic acids is 5. The Bertz CT molecular complexity index is 1530. The summed E-state index contributed by atoms with van der Waals surface area (Å²) in [5.74, 6) is -1.59. The molecule has 1 unspecified atom stereocenters. The molecule has 228 valence electrons. The molecule has 44 heavy (non-hydrogen) atoms. The van der Waals surface area contributed by atoms with E-state index in [0.717, 1.165) is 16.7 Å². The molecular weight excluding hydrogens is 576 g/mol. The maximum absolute atomic E-state index is 14.0. The Hall–Kier alpha value is -4.44. The average Bonchev–Trinajstić information content (AvgIpc) is 3.19. The Balaban J connectivity index is 1.23. The van der Waals surface area contributed by atoms with Gasteiger partial charge < -0.3 is 15.5 Å². The molecule has 0 spiro atoms. The zero-order chi connectivity index (χ0) is 31.2. The summed E-state index contributed by atoms with van der Waals surface area (Å²) in [5.41, 5.74) is 3.60. The van der Waals surface area contributed by atoms with E-state index in [1.807, 2.05) is 54.6 Å². The van der Waals surface area contributed by atoms with Gasteiger partial charge in [-0.25, -0.2) is 0 Å². The van der Waals surface area contributed by atoms with Crippen LogP contribution in [0, 0.1) is 0 Å². The zero-order valence-corrected chi connectivity index (χ0v) is 25.5. The van der Waals surface area contributed by atoms with Crippen molar-refractivity contribution in [3.8, 4) is 0 Å². The molecule has 0 saturated carbocycles. The van der Waals surface area contributed by atoms with Crippen molar-refractivity contribution in [2.24, 2.45) is 0 Å². The van der Waals surface area contributed by atoms with E-state index in [9.17, 15) is 24.0 Å². The van der Waals surface area contributed by atoms with Crippen molar-refractivity contribution in [1.29, 1.82) is 0 Å². The number of fused-ring (bicyclic) bond motifs is 2. The molecule has 2 N–H and O–H groups in total. The minimum Gasteiger partial charge on any atom is -0.357 e. The monoisotopic (exact) mass is 612 g/mol. The Morgan fingerprint density at radius 3 is 2.11 bits per heavy atom. The summed E-state index contributed by atoms with van der Waals surface area (Å²) in [6.07, 6.45) is 2.10. The first-order valence-electron chi connectivity index (χ1n) is 14.8. The highest BCUT2D eigenvalue weighted by Gasteiger charge is 2.38. The number of carbonyl (C=O) groups is 5. The molecule has 0 fully saturated rings. The van der Waals surface area contributed by atoms with Crippen molar-refractivity contribution in [3.63, 3.8) is 0 Å². The number of imide groups is 1. The van der Waals surface area contributed by atoms with Crippen molar-refractivity contribution in [2.45, 2.75) is 56.0 Å². The summed E-state index contributed by atoms with van der Waals surface area (Å²) in [6, 6.07) is 22.3. The predicted molar refractivity (Wildman–Crippen MR) is 169 cm³/mol. The molecule has 5 rings (SSSR count). The topological polar surface area (TPSA) is 116 Å². The maximum Gasteiger partial charge on any atom is 0.261 e. The van der Waals surface area contributed by atoms with Gasteiger partial charge in [-0.15, -0.1) is 0 Å². The Kier molecular flexibility index (Phi) is 9.79. The van der Waals surface area contributed by atoms with Gasteiger partial charge in [0.05, 0.1) is 16.4 Å². The molecule has 2 heterocycles. The summed E-state index contributed by atoms with van der Waals surface area (Å²) in [7, 11) is 1.55. The van der Waals surface area contributed by atoms with Gasteiger partial charge in [-0.1, -0.05) is 73.2 Å². The predicted octanol–water partition coefficient (Wildman–Crippen LogP) is 3.18. The molecule has 0 aliphatic carbocycles. The normalized spacial score (nSPS) is 17.4. The van der Waals surface area contributed by atoms with E-state index in [1.54, 1.807) is 36.2 Å². The molecule has 2 aliphatic heterocycles. The smallest absolute Gasteiger partial charge is 0.261 e. The number of benzene rings is 3. The van der Waals surface area contributed by atoms with Gasteiger partial charge in [-0.05, 0) is 41.7 Å². The fourth-order valence-electron chi connectivity index (χ4n) is 5.85. The molecule has 5 amide bonds. The number of nitrogens with zero attached hydrogens (tertiary/aromatic N) is 2. The largest absolute Gasteiger partial charge is 0.357 e. The first-order chi connectivity index (χ1) is 21.3. The van der Waals surface area contributed by atoms with Crippen LogP contribution in [0.15, 0.2) is 78.9 Å². The summed E-state index contributed by atoms with van der Waals surface area (Å²) in [5, 5.41) is 4.91. The molecule has 9 nitrogen and oxygen atoms in total. The van der Waals surface area contributed by atoms with Crippen molar-refractivity contribution >= 4 is 42.2 Å². The fraction of sp³-hybridized carbons (Fsp3) is 0.324. The molecule has 0 aromatic heterocycles. The third kappa shape index (κ3) is 6.70. The highest BCUT2D eigenvalue weighted by Crippen LogP contribution is 2.25. The number of likely N-dealkylation sites (N-methyl/N-ethyl adjacent to an activating group) is 1. The highest BCUT2D eigenvalue weighted by molar-refractivity contribution is 7.81. The fourth-order valence-corrected chi connectivity index (χ4v) is 6.11. The molecule has 2 aliphatic rings. The zero-order valence-electron chi connectivity index (χ0n) is 24.6. The second-order valence-electron chi connectivity index (χ2n) is 11.1. The number of thiol groups is 1. The van der Waals surface area contributed by atoms with Crippen LogP contribution in [0.2, 0.25) is 0 Å². The van der Waals surface area contributed by atoms with Crippen LogP contribution >= 0.6 is 12.6 Å². The van der Waals surface area contributed by atoms with Gasteiger partial charge in [0.25, 0.3) is 11.8 Å². The minimum atomic E-state index is -0.873. The second-order valence-corrected chi connectivity index (χ2v) is 11.8. The van der Waals surface area contributed by atoms with Crippen molar-refractivity contribution in [3.05, 3.63) is 107 Å². The van der Waals surface area contributed by atoms with Crippen molar-refractivity contribution in [2.75, 3.05) is 13.6 Å². The van der Waals surface area contributed by atoms with E-state index in [1.165, 1.54) is 4.90 Å². The van der Waals surface area contributed by atoms with Crippen LogP contribution in [0.4, 0.5) is 0 Å². The summed E-state index contributed by atoms with van der Waals surface area (Å²) in [4.78, 5) is 68.5. The molecule has 0 radical (unpaired) electrons. The standard InChI is InChI=1S/C34H36N4O5S/c1-35-30(39)28(19-22-11-3-2-4-12-22)38-21-24-14-6-5-13-23(24)20-27(34(38)43)36-31(40)29(44)17-9-10-18-37-32(41)25-15-7-8-16-26(25)33(37)42/h2-8,11-16,27-29,44H,9-10,17-21H2,1H3,(H,35,39)(H,36,40)/t27-,28-,29?/m0/s1. The van der Waals surface area contributed by atoms with Crippen LogP contribution in [0.1, 0.15) is 56.7 Å². The number of nitrogens with one attached hydrogen (secondary N) is 2. The van der Waals surface area contributed by atoms with Crippen LogP contribution in [-0.2, 0) is 33.8 Å².